The molecule has 14 heavy (non-hydrogen) atoms. The van der Waals surface area contributed by atoms with E-state index in [2.05, 4.69) is 29.2 Å². The molecule has 0 amide bonds. The minimum absolute atomic E-state index is 0.368. The van der Waals surface area contributed by atoms with Crippen LogP contribution >= 0.6 is 0 Å². The van der Waals surface area contributed by atoms with Gasteiger partial charge < -0.3 is 4.74 Å². The first-order valence-electron chi connectivity index (χ1n) is 4.65. The Kier molecular flexibility index (Phi) is 4.12. The van der Waals surface area contributed by atoms with Crippen molar-refractivity contribution < 1.29 is 4.74 Å². The van der Waals surface area contributed by atoms with E-state index in [1.165, 1.54) is 0 Å². The third-order valence-corrected chi connectivity index (χ3v) is 1.70. The summed E-state index contributed by atoms with van der Waals surface area (Å²) in [5.41, 5.74) is 2.36. The van der Waals surface area contributed by atoms with Crippen molar-refractivity contribution in [1.82, 2.24) is 9.97 Å². The average Bonchev–Trinajstić information content (AvgIpc) is 2.18. The van der Waals surface area contributed by atoms with Crippen LogP contribution in [0.1, 0.15) is 20.3 Å². The lowest BCUT2D eigenvalue weighted by molar-refractivity contribution is 0.279. The lowest BCUT2D eigenvalue weighted by atomic mass is 10.1. The molecule has 78 valence electrons. The number of rotatable bonds is 5. The second-order valence-corrected chi connectivity index (χ2v) is 3.39. The van der Waals surface area contributed by atoms with Crippen molar-refractivity contribution >= 4 is 5.95 Å². The maximum atomic E-state index is 5.41. The molecule has 5 heteroatoms. The van der Waals surface area contributed by atoms with Crippen molar-refractivity contribution in [2.45, 2.75) is 20.3 Å². The molecule has 0 aliphatic rings. The quantitative estimate of drug-likeness (QED) is 0.546. The van der Waals surface area contributed by atoms with E-state index in [0.717, 1.165) is 6.42 Å². The highest BCUT2D eigenvalue weighted by Gasteiger charge is 1.99. The zero-order chi connectivity index (χ0) is 10.4. The first-order valence-corrected chi connectivity index (χ1v) is 4.65. The van der Waals surface area contributed by atoms with Crippen LogP contribution in [0.25, 0.3) is 0 Å². The molecule has 0 fully saturated rings. The van der Waals surface area contributed by atoms with Gasteiger partial charge in [-0.05, 0) is 12.3 Å². The van der Waals surface area contributed by atoms with Gasteiger partial charge in [0.05, 0.1) is 6.61 Å². The summed E-state index contributed by atoms with van der Waals surface area (Å²) in [5.74, 6) is 6.71. The summed E-state index contributed by atoms with van der Waals surface area (Å²) in [6, 6.07) is 1.71. The first-order chi connectivity index (χ1) is 6.72. The number of hydrazine groups is 1. The monoisotopic (exact) mass is 196 g/mol. The number of ether oxygens (including phenoxy) is 1. The Morgan fingerprint density at radius 1 is 1.57 bits per heavy atom. The molecule has 0 radical (unpaired) electrons. The number of nitrogens with zero attached hydrogens (tertiary/aromatic N) is 2. The molecule has 1 aromatic heterocycles. The van der Waals surface area contributed by atoms with Crippen molar-refractivity contribution in [2.24, 2.45) is 11.8 Å². The maximum Gasteiger partial charge on any atom is 0.240 e. The number of nitrogens with two attached hydrogens (primary N) is 1. The predicted molar refractivity (Wildman–Crippen MR) is 54.8 cm³/mol. The molecular formula is C9H16N4O. The lowest BCUT2D eigenvalue weighted by Gasteiger charge is -2.07. The van der Waals surface area contributed by atoms with Crippen molar-refractivity contribution in [1.29, 1.82) is 0 Å². The zero-order valence-corrected chi connectivity index (χ0v) is 8.53. The molecule has 3 N–H and O–H groups in total. The van der Waals surface area contributed by atoms with Crippen molar-refractivity contribution in [3.8, 4) is 5.88 Å². The van der Waals surface area contributed by atoms with Gasteiger partial charge in [-0.1, -0.05) is 13.8 Å². The van der Waals surface area contributed by atoms with Gasteiger partial charge in [-0.2, -0.15) is 4.98 Å². The van der Waals surface area contributed by atoms with Gasteiger partial charge in [0.2, 0.25) is 11.8 Å². The topological polar surface area (TPSA) is 73.1 Å². The molecule has 1 heterocycles. The molecule has 1 aromatic rings. The molecule has 0 bridgehead atoms. The maximum absolute atomic E-state index is 5.41. The van der Waals surface area contributed by atoms with Crippen LogP contribution in [0.15, 0.2) is 12.3 Å². The van der Waals surface area contributed by atoms with Gasteiger partial charge in [0.1, 0.15) is 0 Å². The van der Waals surface area contributed by atoms with Crippen LogP contribution in [-0.2, 0) is 0 Å². The second-order valence-electron chi connectivity index (χ2n) is 3.39. The zero-order valence-electron chi connectivity index (χ0n) is 8.53. The van der Waals surface area contributed by atoms with Gasteiger partial charge in [0, 0.05) is 12.3 Å². The summed E-state index contributed by atoms with van der Waals surface area (Å²) in [7, 11) is 0. The van der Waals surface area contributed by atoms with E-state index in [0.29, 0.717) is 24.4 Å². The summed E-state index contributed by atoms with van der Waals surface area (Å²) in [4.78, 5) is 7.89. The Morgan fingerprint density at radius 2 is 2.36 bits per heavy atom. The highest BCUT2D eigenvalue weighted by molar-refractivity contribution is 5.25. The molecule has 0 saturated heterocycles. The van der Waals surface area contributed by atoms with E-state index in [-0.39, 0.29) is 0 Å². The van der Waals surface area contributed by atoms with Crippen molar-refractivity contribution in [2.75, 3.05) is 12.0 Å². The van der Waals surface area contributed by atoms with Crippen LogP contribution in [0.5, 0.6) is 5.88 Å². The molecule has 0 aliphatic carbocycles. The fourth-order valence-corrected chi connectivity index (χ4v) is 0.891. The Balaban J connectivity index is 2.42. The van der Waals surface area contributed by atoms with E-state index in [9.17, 15) is 0 Å². The summed E-state index contributed by atoms with van der Waals surface area (Å²) in [5, 5.41) is 0. The van der Waals surface area contributed by atoms with Crippen molar-refractivity contribution in [3.05, 3.63) is 12.3 Å². The molecule has 0 aliphatic heterocycles. The minimum atomic E-state index is 0.368. The molecule has 0 saturated carbocycles. The molecular weight excluding hydrogens is 180 g/mol. The lowest BCUT2D eigenvalue weighted by Crippen LogP contribution is -2.11. The number of aromatic nitrogens is 2. The van der Waals surface area contributed by atoms with Crippen LogP contribution in [0.4, 0.5) is 5.95 Å². The van der Waals surface area contributed by atoms with Gasteiger partial charge in [0.15, 0.2) is 0 Å². The van der Waals surface area contributed by atoms with Crippen LogP contribution in [0.3, 0.4) is 0 Å². The van der Waals surface area contributed by atoms with Crippen molar-refractivity contribution in [3.63, 3.8) is 0 Å². The van der Waals surface area contributed by atoms with Gasteiger partial charge in [-0.25, -0.2) is 10.8 Å². The standard InChI is InChI=1S/C9H16N4O/c1-7(2)4-6-14-8-3-5-11-9(12-8)13-10/h3,5,7H,4,6,10H2,1-2H3,(H,11,12,13). The SMILES string of the molecule is CC(C)CCOc1ccnc(NN)n1. The van der Waals surface area contributed by atoms with E-state index in [1.54, 1.807) is 12.3 Å². The van der Waals surface area contributed by atoms with Crippen LogP contribution in [0.2, 0.25) is 0 Å². The van der Waals surface area contributed by atoms with E-state index in [4.69, 9.17) is 10.6 Å². The third kappa shape index (κ3) is 3.57. The summed E-state index contributed by atoms with van der Waals surface area (Å²) in [6.45, 7) is 4.96. The van der Waals surface area contributed by atoms with Crippen LogP contribution in [-0.4, -0.2) is 16.6 Å². The number of nitrogens with one attached hydrogen (secondary N) is 1. The smallest absolute Gasteiger partial charge is 0.240 e. The second kappa shape index (κ2) is 5.39. The summed E-state index contributed by atoms with van der Waals surface area (Å²) < 4.78 is 5.41. The number of hydrogen-bond donors (Lipinski definition) is 2. The molecule has 1 rings (SSSR count). The molecule has 5 nitrogen and oxygen atoms in total. The summed E-state index contributed by atoms with van der Waals surface area (Å²) >= 11 is 0. The van der Waals surface area contributed by atoms with Crippen LogP contribution < -0.4 is 16.0 Å². The third-order valence-electron chi connectivity index (χ3n) is 1.70. The fraction of sp³-hybridized carbons (Fsp3) is 0.556. The Morgan fingerprint density at radius 3 is 3.00 bits per heavy atom. The first kappa shape index (κ1) is 10.7. The van der Waals surface area contributed by atoms with Gasteiger partial charge in [-0.3, -0.25) is 5.43 Å². The van der Waals surface area contributed by atoms with Gasteiger partial charge in [-0.15, -0.1) is 0 Å². The average molecular weight is 196 g/mol. The predicted octanol–water partition coefficient (Wildman–Crippen LogP) is 1.19. The number of anilines is 1. The molecule has 0 spiro atoms. The van der Waals surface area contributed by atoms with E-state index in [1.807, 2.05) is 0 Å². The molecule has 0 unspecified atom stereocenters. The van der Waals surface area contributed by atoms with Crippen LogP contribution in [0, 0.1) is 5.92 Å². The Bertz CT molecular complexity index is 277. The minimum Gasteiger partial charge on any atom is -0.478 e. The van der Waals surface area contributed by atoms with E-state index < -0.39 is 0 Å². The van der Waals surface area contributed by atoms with Gasteiger partial charge in [0.25, 0.3) is 0 Å². The molecule has 0 aromatic carbocycles. The molecule has 0 atom stereocenters. The normalized spacial score (nSPS) is 10.3. The van der Waals surface area contributed by atoms with Gasteiger partial charge >= 0.3 is 0 Å². The largest absolute Gasteiger partial charge is 0.478 e. The highest BCUT2D eigenvalue weighted by atomic mass is 16.5. The number of hydrogen-bond acceptors (Lipinski definition) is 5. The fourth-order valence-electron chi connectivity index (χ4n) is 0.891. The highest BCUT2D eigenvalue weighted by Crippen LogP contribution is 2.08. The summed E-state index contributed by atoms with van der Waals surface area (Å²) in [6.07, 6.45) is 2.61. The Labute approximate surface area is 83.7 Å². The Hall–Kier alpha value is -1.36. The van der Waals surface area contributed by atoms with E-state index >= 15 is 0 Å². The number of nitrogen functional groups attached to an aromatic ring is 1.